The van der Waals surface area contributed by atoms with Crippen molar-refractivity contribution < 1.29 is 29.4 Å². The molecule has 14 heteroatoms. The summed E-state index contributed by atoms with van der Waals surface area (Å²) in [5, 5.41) is 26.4. The third-order valence-corrected chi connectivity index (χ3v) is 4.41. The summed E-state index contributed by atoms with van der Waals surface area (Å²) >= 11 is 0. The first-order valence-electron chi connectivity index (χ1n) is 10.3. The van der Waals surface area contributed by atoms with Crippen molar-refractivity contribution in [3.8, 4) is 0 Å². The van der Waals surface area contributed by atoms with Gasteiger partial charge in [0.15, 0.2) is 5.96 Å². The number of hydrogen-bond donors (Lipinski definition) is 9. The van der Waals surface area contributed by atoms with Crippen molar-refractivity contribution in [1.29, 1.82) is 0 Å². The molecule has 0 aromatic rings. The lowest BCUT2D eigenvalue weighted by Crippen LogP contribution is -2.59. The molecule has 3 amide bonds. The number of unbranched alkanes of at least 4 members (excludes halogenated alkanes) is 1. The molecule has 184 valence electrons. The molecule has 4 unspecified atom stereocenters. The Labute approximate surface area is 186 Å². The average Bonchev–Trinajstić information content (AvgIpc) is 2.72. The molecule has 0 aliphatic heterocycles. The molecule has 4 atom stereocenters. The number of hydrogen-bond acceptors (Lipinski definition) is 8. The zero-order valence-corrected chi connectivity index (χ0v) is 18.3. The summed E-state index contributed by atoms with van der Waals surface area (Å²) in [6.07, 6.45) is 0.304. The molecule has 0 aliphatic rings. The molecule has 0 saturated heterocycles. The number of carboxylic acids is 1. The molecule has 0 aliphatic carbocycles. The van der Waals surface area contributed by atoms with Crippen LogP contribution in [0.2, 0.25) is 0 Å². The van der Waals surface area contributed by atoms with E-state index in [2.05, 4.69) is 20.9 Å². The first-order valence-corrected chi connectivity index (χ1v) is 10.3. The number of nitrogens with zero attached hydrogens (tertiary/aromatic N) is 1. The maximum Gasteiger partial charge on any atom is 0.326 e. The molecular formula is C18H36N8O6. The van der Waals surface area contributed by atoms with Gasteiger partial charge >= 0.3 is 5.97 Å². The van der Waals surface area contributed by atoms with E-state index in [1.807, 2.05) is 0 Å². The molecule has 14 nitrogen and oxygen atoms in total. The minimum absolute atomic E-state index is 0.123. The van der Waals surface area contributed by atoms with E-state index in [0.717, 1.165) is 0 Å². The van der Waals surface area contributed by atoms with E-state index in [9.17, 15) is 29.4 Å². The Bertz CT molecular complexity index is 653. The zero-order chi connectivity index (χ0) is 24.7. The normalized spacial score (nSPS) is 14.4. The summed E-state index contributed by atoms with van der Waals surface area (Å²) in [6, 6.07) is -3.73. The Kier molecular flexibility index (Phi) is 14.3. The summed E-state index contributed by atoms with van der Waals surface area (Å²) in [6.45, 7) is 1.49. The lowest BCUT2D eigenvalue weighted by atomic mass is 10.1. The van der Waals surface area contributed by atoms with E-state index in [4.69, 9.17) is 22.9 Å². The van der Waals surface area contributed by atoms with Crippen LogP contribution >= 0.6 is 0 Å². The molecule has 32 heavy (non-hydrogen) atoms. The fourth-order valence-corrected chi connectivity index (χ4v) is 2.70. The topological polar surface area (TPSA) is 261 Å². The summed E-state index contributed by atoms with van der Waals surface area (Å²) in [5.74, 6) is -3.61. The highest BCUT2D eigenvalue weighted by atomic mass is 16.4. The number of carboxylic acid groups (broad SMARTS) is 1. The van der Waals surface area contributed by atoms with Crippen LogP contribution in [0.1, 0.15) is 39.0 Å². The monoisotopic (exact) mass is 460 g/mol. The molecule has 0 heterocycles. The molecule has 0 radical (unpaired) electrons. The Morgan fingerprint density at radius 2 is 1.53 bits per heavy atom. The number of aliphatic carboxylic acids is 1. The summed E-state index contributed by atoms with van der Waals surface area (Å²) in [7, 11) is 0. The Morgan fingerprint density at radius 3 is 2.03 bits per heavy atom. The molecule has 0 spiro atoms. The number of aliphatic hydroxyl groups is 1. The van der Waals surface area contributed by atoms with Crippen molar-refractivity contribution >= 4 is 29.7 Å². The second-order valence-electron chi connectivity index (χ2n) is 7.18. The molecule has 13 N–H and O–H groups in total. The number of nitrogens with two attached hydrogens (primary N) is 4. The largest absolute Gasteiger partial charge is 0.480 e. The highest BCUT2D eigenvalue weighted by molar-refractivity contribution is 5.93. The van der Waals surface area contributed by atoms with Crippen molar-refractivity contribution in [2.45, 2.75) is 63.3 Å². The van der Waals surface area contributed by atoms with Gasteiger partial charge in [0, 0.05) is 6.54 Å². The quantitative estimate of drug-likeness (QED) is 0.0612. The summed E-state index contributed by atoms with van der Waals surface area (Å²) < 4.78 is 0. The van der Waals surface area contributed by atoms with E-state index < -0.39 is 47.9 Å². The van der Waals surface area contributed by atoms with Crippen LogP contribution in [-0.4, -0.2) is 83.7 Å². The first kappa shape index (κ1) is 29.0. The van der Waals surface area contributed by atoms with Crippen molar-refractivity contribution in [3.05, 3.63) is 0 Å². The number of carbonyl (C=O) groups is 4. The predicted molar refractivity (Wildman–Crippen MR) is 117 cm³/mol. The van der Waals surface area contributed by atoms with E-state index >= 15 is 0 Å². The Morgan fingerprint density at radius 1 is 0.906 bits per heavy atom. The van der Waals surface area contributed by atoms with Gasteiger partial charge in [-0.2, -0.15) is 0 Å². The average molecular weight is 461 g/mol. The van der Waals surface area contributed by atoms with Gasteiger partial charge in [-0.1, -0.05) is 0 Å². The summed E-state index contributed by atoms with van der Waals surface area (Å²) in [5.41, 5.74) is 21.2. The van der Waals surface area contributed by atoms with E-state index in [0.29, 0.717) is 25.8 Å². The number of nitrogens with one attached hydrogen (secondary N) is 3. The van der Waals surface area contributed by atoms with Crippen molar-refractivity contribution in [3.63, 3.8) is 0 Å². The second-order valence-corrected chi connectivity index (χ2v) is 7.18. The van der Waals surface area contributed by atoms with Gasteiger partial charge in [-0.3, -0.25) is 19.4 Å². The molecule has 0 aromatic carbocycles. The molecule has 0 saturated carbocycles. The van der Waals surface area contributed by atoms with Crippen LogP contribution in [0.3, 0.4) is 0 Å². The maximum absolute atomic E-state index is 12.7. The third kappa shape index (κ3) is 12.0. The molecule has 0 bridgehead atoms. The number of carbonyl (C=O) groups excluding carboxylic acids is 3. The minimum atomic E-state index is -1.45. The third-order valence-electron chi connectivity index (χ3n) is 4.41. The van der Waals surface area contributed by atoms with Gasteiger partial charge in [0.2, 0.25) is 17.7 Å². The van der Waals surface area contributed by atoms with Crippen molar-refractivity contribution in [2.75, 3.05) is 19.6 Å². The smallest absolute Gasteiger partial charge is 0.326 e. The second kappa shape index (κ2) is 15.8. The van der Waals surface area contributed by atoms with E-state index in [1.54, 1.807) is 0 Å². The first-order chi connectivity index (χ1) is 15.0. The lowest BCUT2D eigenvalue weighted by Gasteiger charge is -2.26. The van der Waals surface area contributed by atoms with Crippen molar-refractivity contribution in [2.24, 2.45) is 27.9 Å². The fourth-order valence-electron chi connectivity index (χ4n) is 2.70. The van der Waals surface area contributed by atoms with Crippen LogP contribution in [0.15, 0.2) is 4.99 Å². The highest BCUT2D eigenvalue weighted by Crippen LogP contribution is 2.05. The Hall–Kier alpha value is -2.97. The molecular weight excluding hydrogens is 424 g/mol. The molecule has 0 rings (SSSR count). The molecule has 0 aromatic heterocycles. The Balaban J connectivity index is 5.24. The number of guanidine groups is 1. The predicted octanol–water partition coefficient (Wildman–Crippen LogP) is -3.95. The minimum Gasteiger partial charge on any atom is -0.480 e. The van der Waals surface area contributed by atoms with Crippen LogP contribution in [-0.2, 0) is 19.2 Å². The van der Waals surface area contributed by atoms with E-state index in [1.165, 1.54) is 6.92 Å². The van der Waals surface area contributed by atoms with Gasteiger partial charge in [0.05, 0.1) is 12.6 Å². The van der Waals surface area contributed by atoms with Crippen LogP contribution in [0.25, 0.3) is 0 Å². The number of aliphatic imine (C=N–C) groups is 1. The zero-order valence-electron chi connectivity index (χ0n) is 18.3. The van der Waals surface area contributed by atoms with Gasteiger partial charge in [0.1, 0.15) is 18.1 Å². The number of rotatable bonds is 16. The van der Waals surface area contributed by atoms with Gasteiger partial charge < -0.3 is 49.1 Å². The van der Waals surface area contributed by atoms with Crippen LogP contribution in [0.5, 0.6) is 0 Å². The van der Waals surface area contributed by atoms with Gasteiger partial charge in [-0.25, -0.2) is 4.79 Å². The van der Waals surface area contributed by atoms with Gasteiger partial charge in [-0.05, 0) is 45.6 Å². The lowest BCUT2D eigenvalue weighted by molar-refractivity contribution is -0.143. The maximum atomic E-state index is 12.7. The SMILES string of the molecule is CC(O)C(NC(=O)C(CCCN=C(N)N)NC(=O)CN)C(=O)NC(CCCCN)C(=O)O. The van der Waals surface area contributed by atoms with Gasteiger partial charge in [0.25, 0.3) is 0 Å². The highest BCUT2D eigenvalue weighted by Gasteiger charge is 2.31. The van der Waals surface area contributed by atoms with Crippen LogP contribution in [0, 0.1) is 0 Å². The number of aliphatic hydroxyl groups excluding tert-OH is 1. The fraction of sp³-hybridized carbons (Fsp3) is 0.722. The number of amides is 3. The van der Waals surface area contributed by atoms with Crippen molar-refractivity contribution in [1.82, 2.24) is 16.0 Å². The summed E-state index contributed by atoms with van der Waals surface area (Å²) in [4.78, 5) is 52.2. The van der Waals surface area contributed by atoms with Gasteiger partial charge in [-0.15, -0.1) is 0 Å². The van der Waals surface area contributed by atoms with Crippen LogP contribution in [0.4, 0.5) is 0 Å². The standard InChI is InChI=1S/C18H36N8O6/c1-10(27)14(16(30)25-12(17(31)32)5-2-3-7-19)26-15(29)11(24-13(28)9-20)6-4-8-23-18(21)22/h10-12,14,27H,2-9,19-20H2,1H3,(H,24,28)(H,25,30)(H,26,29)(H,31,32)(H4,21,22,23). The van der Waals surface area contributed by atoms with Crippen LogP contribution < -0.4 is 38.9 Å². The molecule has 0 fully saturated rings. The van der Waals surface area contributed by atoms with E-state index in [-0.39, 0.29) is 31.9 Å².